The van der Waals surface area contributed by atoms with Gasteiger partial charge < -0.3 is 10.0 Å². The van der Waals surface area contributed by atoms with E-state index in [0.717, 1.165) is 11.1 Å². The number of nitrogens with zero attached hydrogens (tertiary/aromatic N) is 1. The third-order valence-corrected chi connectivity index (χ3v) is 3.78. The molecule has 4 nitrogen and oxygen atoms in total. The van der Waals surface area contributed by atoms with E-state index in [1.165, 1.54) is 0 Å². The van der Waals surface area contributed by atoms with Gasteiger partial charge in [0.25, 0.3) is 0 Å². The number of amides is 1. The first-order valence-electron chi connectivity index (χ1n) is 7.61. The van der Waals surface area contributed by atoms with E-state index in [2.05, 4.69) is 0 Å². The standard InChI is InChI=1S/C19H21NO3/c1-20(14-16-10-6-3-7-11-16)18(21)13-17(19(22)23)12-15-8-4-2-5-9-15/h2-11,17H,12-14H2,1H3,(H,22,23). The summed E-state index contributed by atoms with van der Waals surface area (Å²) in [5.74, 6) is -1.80. The first-order valence-corrected chi connectivity index (χ1v) is 7.61. The monoisotopic (exact) mass is 311 g/mol. The molecule has 0 fully saturated rings. The van der Waals surface area contributed by atoms with Gasteiger partial charge >= 0.3 is 5.97 Å². The molecule has 0 aliphatic carbocycles. The number of aliphatic carboxylic acids is 1. The third-order valence-electron chi connectivity index (χ3n) is 3.78. The summed E-state index contributed by atoms with van der Waals surface area (Å²) in [4.78, 5) is 25.3. The third kappa shape index (κ3) is 5.25. The van der Waals surface area contributed by atoms with Crippen molar-refractivity contribution >= 4 is 11.9 Å². The lowest BCUT2D eigenvalue weighted by atomic mass is 9.95. The van der Waals surface area contributed by atoms with Gasteiger partial charge in [-0.2, -0.15) is 0 Å². The molecule has 23 heavy (non-hydrogen) atoms. The fourth-order valence-electron chi connectivity index (χ4n) is 2.46. The van der Waals surface area contributed by atoms with Crippen LogP contribution < -0.4 is 0 Å². The van der Waals surface area contributed by atoms with Gasteiger partial charge in [-0.25, -0.2) is 0 Å². The Morgan fingerprint density at radius 3 is 2.00 bits per heavy atom. The van der Waals surface area contributed by atoms with Crippen molar-refractivity contribution in [2.75, 3.05) is 7.05 Å². The number of carbonyl (C=O) groups excluding carboxylic acids is 1. The van der Waals surface area contributed by atoms with Crippen LogP contribution in [0.3, 0.4) is 0 Å². The van der Waals surface area contributed by atoms with Gasteiger partial charge in [-0.1, -0.05) is 60.7 Å². The van der Waals surface area contributed by atoms with Crippen LogP contribution in [-0.4, -0.2) is 28.9 Å². The van der Waals surface area contributed by atoms with Gasteiger partial charge in [-0.15, -0.1) is 0 Å². The zero-order valence-corrected chi connectivity index (χ0v) is 13.2. The minimum absolute atomic E-state index is 0.00750. The summed E-state index contributed by atoms with van der Waals surface area (Å²) >= 11 is 0. The average Bonchev–Trinajstić information content (AvgIpc) is 2.56. The number of carboxylic acid groups (broad SMARTS) is 1. The lowest BCUT2D eigenvalue weighted by molar-refractivity contribution is -0.145. The van der Waals surface area contributed by atoms with Crippen molar-refractivity contribution in [3.8, 4) is 0 Å². The van der Waals surface area contributed by atoms with Crippen LogP contribution in [0.4, 0.5) is 0 Å². The number of hydrogen-bond acceptors (Lipinski definition) is 2. The van der Waals surface area contributed by atoms with Crippen molar-refractivity contribution in [3.63, 3.8) is 0 Å². The molecule has 2 aromatic carbocycles. The number of rotatable bonds is 7. The maximum absolute atomic E-state index is 12.3. The van der Waals surface area contributed by atoms with Gasteiger partial charge in [0.05, 0.1) is 5.92 Å². The van der Waals surface area contributed by atoms with Crippen molar-refractivity contribution in [3.05, 3.63) is 71.8 Å². The quantitative estimate of drug-likeness (QED) is 0.855. The van der Waals surface area contributed by atoms with Crippen LogP contribution in [0, 0.1) is 5.92 Å². The molecule has 4 heteroatoms. The molecular formula is C19H21NO3. The summed E-state index contributed by atoms with van der Waals surface area (Å²) in [6.07, 6.45) is 0.370. The molecule has 2 aromatic rings. The predicted octanol–water partition coefficient (Wildman–Crippen LogP) is 2.98. The normalized spacial score (nSPS) is 11.7. The summed E-state index contributed by atoms with van der Waals surface area (Å²) < 4.78 is 0. The Labute approximate surface area is 136 Å². The molecule has 0 spiro atoms. The molecule has 1 atom stereocenters. The number of carbonyl (C=O) groups is 2. The highest BCUT2D eigenvalue weighted by molar-refractivity contribution is 5.82. The molecule has 1 unspecified atom stereocenters. The number of hydrogen-bond donors (Lipinski definition) is 1. The molecule has 0 aromatic heterocycles. The second-order valence-electron chi connectivity index (χ2n) is 5.66. The Morgan fingerprint density at radius 2 is 1.48 bits per heavy atom. The SMILES string of the molecule is CN(Cc1ccccc1)C(=O)CC(Cc1ccccc1)C(=O)O. The molecule has 0 bridgehead atoms. The maximum Gasteiger partial charge on any atom is 0.307 e. The Kier molecular flexibility index (Phi) is 5.92. The van der Waals surface area contributed by atoms with Crippen LogP contribution >= 0.6 is 0 Å². The largest absolute Gasteiger partial charge is 0.481 e. The molecular weight excluding hydrogens is 290 g/mol. The maximum atomic E-state index is 12.3. The topological polar surface area (TPSA) is 57.6 Å². The highest BCUT2D eigenvalue weighted by Crippen LogP contribution is 2.15. The van der Waals surface area contributed by atoms with Crippen molar-refractivity contribution in [2.45, 2.75) is 19.4 Å². The average molecular weight is 311 g/mol. The number of carboxylic acids is 1. The van der Waals surface area contributed by atoms with E-state index in [1.54, 1.807) is 11.9 Å². The molecule has 1 N–H and O–H groups in total. The Bertz CT molecular complexity index is 640. The van der Waals surface area contributed by atoms with E-state index >= 15 is 0 Å². The van der Waals surface area contributed by atoms with Crippen molar-refractivity contribution in [2.24, 2.45) is 5.92 Å². The summed E-state index contributed by atoms with van der Waals surface area (Å²) in [5, 5.41) is 9.38. The Morgan fingerprint density at radius 1 is 0.957 bits per heavy atom. The Hall–Kier alpha value is -2.62. The van der Waals surface area contributed by atoms with E-state index in [1.807, 2.05) is 60.7 Å². The van der Waals surface area contributed by atoms with E-state index in [9.17, 15) is 14.7 Å². The minimum atomic E-state index is -0.935. The zero-order chi connectivity index (χ0) is 16.7. The van der Waals surface area contributed by atoms with Gasteiger partial charge in [0.15, 0.2) is 0 Å². The predicted molar refractivity (Wildman–Crippen MR) is 88.8 cm³/mol. The van der Waals surface area contributed by atoms with Crippen LogP contribution in [0.1, 0.15) is 17.5 Å². The first kappa shape index (κ1) is 16.7. The van der Waals surface area contributed by atoms with E-state index in [0.29, 0.717) is 13.0 Å². The van der Waals surface area contributed by atoms with Crippen LogP contribution in [0.2, 0.25) is 0 Å². The molecule has 120 valence electrons. The van der Waals surface area contributed by atoms with Crippen LogP contribution in [0.25, 0.3) is 0 Å². The van der Waals surface area contributed by atoms with E-state index in [-0.39, 0.29) is 12.3 Å². The first-order chi connectivity index (χ1) is 11.1. The van der Waals surface area contributed by atoms with Crippen LogP contribution in [-0.2, 0) is 22.6 Å². The summed E-state index contributed by atoms with van der Waals surface area (Å²) in [6.45, 7) is 0.483. The van der Waals surface area contributed by atoms with Crippen molar-refractivity contribution < 1.29 is 14.7 Å². The zero-order valence-electron chi connectivity index (χ0n) is 13.2. The molecule has 0 saturated heterocycles. The van der Waals surface area contributed by atoms with Gasteiger partial charge in [0, 0.05) is 20.0 Å². The molecule has 1 amide bonds. The van der Waals surface area contributed by atoms with E-state index in [4.69, 9.17) is 0 Å². The molecule has 2 rings (SSSR count). The van der Waals surface area contributed by atoms with Gasteiger partial charge in [0.2, 0.25) is 5.91 Å². The van der Waals surface area contributed by atoms with E-state index < -0.39 is 11.9 Å². The highest BCUT2D eigenvalue weighted by Gasteiger charge is 2.23. The molecule has 0 heterocycles. The summed E-state index contributed by atoms with van der Waals surface area (Å²) in [5.41, 5.74) is 1.96. The summed E-state index contributed by atoms with van der Waals surface area (Å²) in [6, 6.07) is 19.1. The number of benzene rings is 2. The summed E-state index contributed by atoms with van der Waals surface area (Å²) in [7, 11) is 1.71. The fraction of sp³-hybridized carbons (Fsp3) is 0.263. The van der Waals surface area contributed by atoms with Gasteiger partial charge in [-0.05, 0) is 17.5 Å². The molecule has 0 radical (unpaired) electrons. The smallest absolute Gasteiger partial charge is 0.307 e. The van der Waals surface area contributed by atoms with Crippen LogP contribution in [0.15, 0.2) is 60.7 Å². The molecule has 0 aliphatic heterocycles. The minimum Gasteiger partial charge on any atom is -0.481 e. The van der Waals surface area contributed by atoms with Gasteiger partial charge in [-0.3, -0.25) is 9.59 Å². The van der Waals surface area contributed by atoms with Gasteiger partial charge in [0.1, 0.15) is 0 Å². The highest BCUT2D eigenvalue weighted by atomic mass is 16.4. The molecule has 0 aliphatic rings. The lowest BCUT2D eigenvalue weighted by Gasteiger charge is -2.20. The second-order valence-corrected chi connectivity index (χ2v) is 5.66. The van der Waals surface area contributed by atoms with Crippen molar-refractivity contribution in [1.82, 2.24) is 4.90 Å². The fourth-order valence-corrected chi connectivity index (χ4v) is 2.46. The second kappa shape index (κ2) is 8.13. The Balaban J connectivity index is 1.96. The van der Waals surface area contributed by atoms with Crippen molar-refractivity contribution in [1.29, 1.82) is 0 Å². The lowest BCUT2D eigenvalue weighted by Crippen LogP contribution is -2.31. The molecule has 0 saturated carbocycles. The van der Waals surface area contributed by atoms with Crippen LogP contribution in [0.5, 0.6) is 0 Å².